The highest BCUT2D eigenvalue weighted by atomic mass is 35.5. The molecule has 0 aromatic heterocycles. The van der Waals surface area contributed by atoms with Crippen molar-refractivity contribution >= 4 is 46.7 Å². The van der Waals surface area contributed by atoms with E-state index in [-0.39, 0.29) is 35.3 Å². The Bertz CT molecular complexity index is 1670. The third-order valence-electron chi connectivity index (χ3n) is 7.90. The zero-order valence-electron chi connectivity index (χ0n) is 25.0. The summed E-state index contributed by atoms with van der Waals surface area (Å²) in [4.78, 5) is 52.8. The first-order valence-corrected chi connectivity index (χ1v) is 14.9. The molecule has 3 aromatic rings. The van der Waals surface area contributed by atoms with Gasteiger partial charge < -0.3 is 24.6 Å². The van der Waals surface area contributed by atoms with Crippen LogP contribution in [0.4, 0.5) is 11.4 Å². The van der Waals surface area contributed by atoms with Gasteiger partial charge in [0.1, 0.15) is 0 Å². The Hall–Kier alpha value is -4.51. The molecular formula is C34H33ClN2O8. The van der Waals surface area contributed by atoms with Crippen molar-refractivity contribution in [2.75, 3.05) is 30.5 Å². The van der Waals surface area contributed by atoms with Crippen molar-refractivity contribution < 1.29 is 38.5 Å². The number of ether oxygens (including phenoxy) is 3. The van der Waals surface area contributed by atoms with Crippen molar-refractivity contribution in [3.05, 3.63) is 105 Å². The van der Waals surface area contributed by atoms with Crippen molar-refractivity contribution in [3.8, 4) is 0 Å². The fourth-order valence-electron chi connectivity index (χ4n) is 5.71. The monoisotopic (exact) mass is 632 g/mol. The molecule has 234 valence electrons. The van der Waals surface area contributed by atoms with Crippen LogP contribution >= 0.6 is 11.6 Å². The number of nitrogens with one attached hydrogen (secondary N) is 1. The summed E-state index contributed by atoms with van der Waals surface area (Å²) < 4.78 is 16.8. The highest BCUT2D eigenvalue weighted by Gasteiger charge is 2.39. The van der Waals surface area contributed by atoms with E-state index in [0.717, 1.165) is 10.5 Å². The van der Waals surface area contributed by atoms with Crippen molar-refractivity contribution in [3.63, 3.8) is 0 Å². The number of rotatable bonds is 10. The standard InChI is InChI=1S/C34H33ClN2O8/c1-4-44-34-25(6-5-15-38)26(20-7-9-21(10-8-20)33(42)43-3)18-29(45-34)30(39)36-23-12-14-28(19(2)16-23)37-31(40)24-13-11-22(35)17-27(24)32(37)41/h7-14,16-18,25-26,34,38H,4-6,15H2,1-3H3,(H,36,39)/t25-,26-,34-/m0/s1. The molecule has 3 aromatic carbocycles. The van der Waals surface area contributed by atoms with Gasteiger partial charge in [0.05, 0.1) is 29.5 Å². The quantitative estimate of drug-likeness (QED) is 0.217. The van der Waals surface area contributed by atoms with Gasteiger partial charge in [0, 0.05) is 35.8 Å². The number of imide groups is 1. The van der Waals surface area contributed by atoms with Crippen LogP contribution in [0.2, 0.25) is 5.02 Å². The molecule has 2 aliphatic rings. The topological polar surface area (TPSA) is 131 Å². The molecule has 0 aliphatic carbocycles. The third-order valence-corrected chi connectivity index (χ3v) is 8.13. The molecule has 3 amide bonds. The zero-order chi connectivity index (χ0) is 32.2. The first kappa shape index (κ1) is 31.9. The van der Waals surface area contributed by atoms with E-state index in [9.17, 15) is 24.3 Å². The summed E-state index contributed by atoms with van der Waals surface area (Å²) in [6.07, 6.45) is 2.05. The normalized spacial score (nSPS) is 19.1. The minimum atomic E-state index is -0.760. The van der Waals surface area contributed by atoms with Crippen molar-refractivity contribution in [1.29, 1.82) is 0 Å². The van der Waals surface area contributed by atoms with E-state index in [1.165, 1.54) is 19.2 Å². The lowest BCUT2D eigenvalue weighted by Gasteiger charge is -2.37. The first-order valence-electron chi connectivity index (χ1n) is 14.6. The molecule has 2 heterocycles. The fourth-order valence-corrected chi connectivity index (χ4v) is 5.88. The van der Waals surface area contributed by atoms with Gasteiger partial charge >= 0.3 is 5.97 Å². The highest BCUT2D eigenvalue weighted by Crippen LogP contribution is 2.40. The second-order valence-electron chi connectivity index (χ2n) is 10.7. The molecule has 3 atom stereocenters. The van der Waals surface area contributed by atoms with E-state index < -0.39 is 30.0 Å². The number of benzene rings is 3. The van der Waals surface area contributed by atoms with Gasteiger partial charge in [-0.1, -0.05) is 23.7 Å². The van der Waals surface area contributed by atoms with Gasteiger partial charge in [0.15, 0.2) is 5.76 Å². The summed E-state index contributed by atoms with van der Waals surface area (Å²) in [5.74, 6) is -2.37. The smallest absolute Gasteiger partial charge is 0.337 e. The largest absolute Gasteiger partial charge is 0.465 e. The summed E-state index contributed by atoms with van der Waals surface area (Å²) >= 11 is 6.05. The van der Waals surface area contributed by atoms with Crippen molar-refractivity contribution in [2.24, 2.45) is 5.92 Å². The van der Waals surface area contributed by atoms with E-state index in [2.05, 4.69) is 5.32 Å². The number of halogens is 1. The van der Waals surface area contributed by atoms with Crippen LogP contribution in [-0.2, 0) is 19.0 Å². The number of nitrogens with zero attached hydrogens (tertiary/aromatic N) is 1. The number of methoxy groups -OCH3 is 1. The van der Waals surface area contributed by atoms with E-state index in [1.807, 2.05) is 6.92 Å². The second-order valence-corrected chi connectivity index (χ2v) is 11.2. The minimum absolute atomic E-state index is 0.00972. The molecule has 2 aliphatic heterocycles. The maximum absolute atomic E-state index is 13.5. The molecular weight excluding hydrogens is 600 g/mol. The van der Waals surface area contributed by atoms with Crippen LogP contribution in [0.25, 0.3) is 0 Å². The molecule has 0 bridgehead atoms. The number of esters is 1. The number of hydrogen-bond donors (Lipinski definition) is 2. The maximum atomic E-state index is 13.5. The molecule has 0 fully saturated rings. The Morgan fingerprint density at radius 1 is 1.02 bits per heavy atom. The summed E-state index contributed by atoms with van der Waals surface area (Å²) in [5, 5.41) is 12.7. The van der Waals surface area contributed by atoms with E-state index in [4.69, 9.17) is 25.8 Å². The predicted octanol–water partition coefficient (Wildman–Crippen LogP) is 5.62. The fraction of sp³-hybridized carbons (Fsp3) is 0.294. The number of amides is 3. The Morgan fingerprint density at radius 3 is 2.42 bits per heavy atom. The molecule has 2 N–H and O–H groups in total. The Labute approximate surface area is 265 Å². The summed E-state index contributed by atoms with van der Waals surface area (Å²) in [6, 6.07) is 16.4. The Kier molecular flexibility index (Phi) is 9.67. The minimum Gasteiger partial charge on any atom is -0.465 e. The van der Waals surface area contributed by atoms with E-state index in [0.29, 0.717) is 47.0 Å². The van der Waals surface area contributed by atoms with Gasteiger partial charge in [0.25, 0.3) is 17.7 Å². The number of hydrogen-bond acceptors (Lipinski definition) is 8. The molecule has 0 spiro atoms. The SMILES string of the molecule is CCO[C@H]1OC(C(=O)Nc2ccc(N3C(=O)c4ccc(Cl)cc4C3=O)c(C)c2)=C[C@@H](c2ccc(C(=O)OC)cc2)[C@@H]1CCCO. The van der Waals surface area contributed by atoms with Gasteiger partial charge in [-0.2, -0.15) is 0 Å². The lowest BCUT2D eigenvalue weighted by Crippen LogP contribution is -2.37. The first-order chi connectivity index (χ1) is 21.7. The number of carbonyl (C=O) groups excluding carboxylic acids is 4. The number of aliphatic hydroxyl groups excluding tert-OH is 1. The van der Waals surface area contributed by atoms with Gasteiger partial charge in [-0.05, 0) is 92.4 Å². The molecule has 11 heteroatoms. The highest BCUT2D eigenvalue weighted by molar-refractivity contribution is 6.37. The summed E-state index contributed by atoms with van der Waals surface area (Å²) in [7, 11) is 1.32. The Balaban J connectivity index is 1.40. The second kappa shape index (κ2) is 13.6. The van der Waals surface area contributed by atoms with E-state index in [1.54, 1.807) is 61.5 Å². The average Bonchev–Trinajstić information content (AvgIpc) is 3.28. The van der Waals surface area contributed by atoms with Gasteiger partial charge in [-0.25, -0.2) is 9.69 Å². The lowest BCUT2D eigenvalue weighted by molar-refractivity contribution is -0.165. The maximum Gasteiger partial charge on any atom is 0.337 e. The predicted molar refractivity (Wildman–Crippen MR) is 167 cm³/mol. The number of aryl methyl sites for hydroxylation is 1. The number of aliphatic hydroxyl groups is 1. The van der Waals surface area contributed by atoms with Crippen LogP contribution in [-0.4, -0.2) is 55.4 Å². The zero-order valence-corrected chi connectivity index (χ0v) is 25.8. The van der Waals surface area contributed by atoms with Gasteiger partial charge in [0.2, 0.25) is 6.29 Å². The Morgan fingerprint density at radius 2 is 1.76 bits per heavy atom. The van der Waals surface area contributed by atoms with Gasteiger partial charge in [-0.3, -0.25) is 14.4 Å². The lowest BCUT2D eigenvalue weighted by atomic mass is 9.80. The molecule has 45 heavy (non-hydrogen) atoms. The molecule has 0 unspecified atom stereocenters. The van der Waals surface area contributed by atoms with Crippen LogP contribution in [0.15, 0.2) is 72.5 Å². The molecule has 5 rings (SSSR count). The average molecular weight is 633 g/mol. The summed E-state index contributed by atoms with van der Waals surface area (Å²) in [5.41, 5.74) is 3.16. The van der Waals surface area contributed by atoms with Crippen LogP contribution in [0.3, 0.4) is 0 Å². The van der Waals surface area contributed by atoms with Crippen LogP contribution in [0.5, 0.6) is 0 Å². The summed E-state index contributed by atoms with van der Waals surface area (Å²) in [6.45, 7) is 3.90. The molecule has 0 saturated carbocycles. The van der Waals surface area contributed by atoms with Crippen LogP contribution < -0.4 is 10.2 Å². The molecule has 0 radical (unpaired) electrons. The third kappa shape index (κ3) is 6.49. The number of carbonyl (C=O) groups is 4. The van der Waals surface area contributed by atoms with Gasteiger partial charge in [-0.15, -0.1) is 0 Å². The molecule has 0 saturated heterocycles. The number of fused-ring (bicyclic) bond motifs is 1. The van der Waals surface area contributed by atoms with Crippen molar-refractivity contribution in [1.82, 2.24) is 0 Å². The van der Waals surface area contributed by atoms with Crippen LogP contribution in [0, 0.1) is 12.8 Å². The van der Waals surface area contributed by atoms with Crippen molar-refractivity contribution in [2.45, 2.75) is 38.9 Å². The van der Waals surface area contributed by atoms with Crippen LogP contribution in [0.1, 0.15) is 67.9 Å². The number of anilines is 2. The molecule has 10 nitrogen and oxygen atoms in total. The number of allylic oxidation sites excluding steroid dienone is 1. The van der Waals surface area contributed by atoms with E-state index >= 15 is 0 Å².